The summed E-state index contributed by atoms with van der Waals surface area (Å²) in [5, 5.41) is 9.71. The van der Waals surface area contributed by atoms with Crippen molar-refractivity contribution in [3.8, 4) is 0 Å². The number of morpholine rings is 1. The van der Waals surface area contributed by atoms with Crippen LogP contribution in [0.1, 0.15) is 37.3 Å². The Kier molecular flexibility index (Phi) is 6.24. The highest BCUT2D eigenvalue weighted by Crippen LogP contribution is 2.29. The molecule has 132 valence electrons. The topological polar surface area (TPSA) is 53.0 Å². The van der Waals surface area contributed by atoms with E-state index < -0.39 is 0 Å². The first-order chi connectivity index (χ1) is 11.8. The van der Waals surface area contributed by atoms with Gasteiger partial charge in [0.25, 0.3) is 0 Å². The van der Waals surface area contributed by atoms with Crippen molar-refractivity contribution in [2.45, 2.75) is 37.8 Å². The Balaban J connectivity index is 1.74. The maximum Gasteiger partial charge on any atom is 0.237 e. The maximum absolute atomic E-state index is 13.0. The molecule has 3 rings (SSSR count). The number of nitrogens with zero attached hydrogens (tertiary/aromatic N) is 2. The van der Waals surface area contributed by atoms with Gasteiger partial charge >= 0.3 is 0 Å². The van der Waals surface area contributed by atoms with Crippen LogP contribution in [0.5, 0.6) is 0 Å². The number of hydrogen-bond acceptors (Lipinski definition) is 4. The maximum atomic E-state index is 13.0. The average molecular weight is 332 g/mol. The van der Waals surface area contributed by atoms with E-state index in [4.69, 9.17) is 4.74 Å². The van der Waals surface area contributed by atoms with E-state index in [-0.39, 0.29) is 24.7 Å². The number of carbonyl (C=O) groups is 1. The Bertz CT molecular complexity index is 515. The van der Waals surface area contributed by atoms with Gasteiger partial charge in [-0.3, -0.25) is 9.69 Å². The zero-order valence-electron chi connectivity index (χ0n) is 14.3. The van der Waals surface area contributed by atoms with Crippen molar-refractivity contribution in [3.05, 3.63) is 35.9 Å². The van der Waals surface area contributed by atoms with Crippen molar-refractivity contribution in [2.75, 3.05) is 39.4 Å². The third-order valence-corrected chi connectivity index (χ3v) is 5.05. The van der Waals surface area contributed by atoms with Crippen LogP contribution >= 0.6 is 0 Å². The highest BCUT2D eigenvalue weighted by atomic mass is 16.5. The van der Waals surface area contributed by atoms with Crippen LogP contribution in [0.2, 0.25) is 0 Å². The summed E-state index contributed by atoms with van der Waals surface area (Å²) in [5.41, 5.74) is 1.03. The van der Waals surface area contributed by atoms with Gasteiger partial charge in [0.1, 0.15) is 6.10 Å². The molecular weight excluding hydrogens is 304 g/mol. The zero-order chi connectivity index (χ0) is 16.8. The number of amides is 1. The molecule has 0 bridgehead atoms. The summed E-state index contributed by atoms with van der Waals surface area (Å²) in [6.45, 7) is 3.49. The van der Waals surface area contributed by atoms with Crippen LogP contribution in [0.15, 0.2) is 30.3 Å². The molecule has 0 aromatic heterocycles. The molecule has 1 aromatic rings. The third-order valence-electron chi connectivity index (χ3n) is 5.05. The first-order valence-electron chi connectivity index (χ1n) is 9.09. The molecule has 5 heteroatoms. The summed E-state index contributed by atoms with van der Waals surface area (Å²) in [6.07, 6.45) is 4.53. The summed E-state index contributed by atoms with van der Waals surface area (Å²) in [4.78, 5) is 17.2. The molecule has 2 heterocycles. The van der Waals surface area contributed by atoms with E-state index in [9.17, 15) is 9.90 Å². The highest BCUT2D eigenvalue weighted by Gasteiger charge is 2.36. The van der Waals surface area contributed by atoms with Crippen molar-refractivity contribution in [1.29, 1.82) is 0 Å². The molecule has 2 aliphatic heterocycles. The van der Waals surface area contributed by atoms with Gasteiger partial charge in [0.05, 0.1) is 25.8 Å². The summed E-state index contributed by atoms with van der Waals surface area (Å²) < 4.78 is 5.73. The van der Waals surface area contributed by atoms with Gasteiger partial charge in [0.15, 0.2) is 0 Å². The molecular formula is C19H28N2O3. The predicted octanol–water partition coefficient (Wildman–Crippen LogP) is 1.82. The van der Waals surface area contributed by atoms with Crippen LogP contribution < -0.4 is 0 Å². The molecule has 0 aliphatic carbocycles. The number of likely N-dealkylation sites (tertiary alicyclic amines) is 1. The molecule has 1 N–H and O–H groups in total. The lowest BCUT2D eigenvalue weighted by molar-refractivity contribution is -0.151. The largest absolute Gasteiger partial charge is 0.394 e. The van der Waals surface area contributed by atoms with E-state index in [0.29, 0.717) is 19.7 Å². The van der Waals surface area contributed by atoms with E-state index in [2.05, 4.69) is 4.90 Å². The standard InChI is InChI=1S/C19H28N2O3/c22-15-17-19(16-8-4-3-5-9-16)21(12-13-24-17)18(23)14-20-10-6-1-2-7-11-20/h3-5,8-9,17,19,22H,1-2,6-7,10-15H2. The Morgan fingerprint density at radius 2 is 1.79 bits per heavy atom. The summed E-state index contributed by atoms with van der Waals surface area (Å²) >= 11 is 0. The summed E-state index contributed by atoms with van der Waals surface area (Å²) in [5.74, 6) is 0.146. The van der Waals surface area contributed by atoms with Gasteiger partial charge in [-0.15, -0.1) is 0 Å². The van der Waals surface area contributed by atoms with Gasteiger partial charge in [-0.2, -0.15) is 0 Å². The Morgan fingerprint density at radius 3 is 2.46 bits per heavy atom. The molecule has 0 spiro atoms. The van der Waals surface area contributed by atoms with Crippen molar-refractivity contribution in [1.82, 2.24) is 9.80 Å². The fourth-order valence-electron chi connectivity index (χ4n) is 3.79. The monoisotopic (exact) mass is 332 g/mol. The molecule has 0 radical (unpaired) electrons. The van der Waals surface area contributed by atoms with Gasteiger partial charge in [0.2, 0.25) is 5.91 Å². The molecule has 1 aromatic carbocycles. The lowest BCUT2D eigenvalue weighted by Gasteiger charge is -2.41. The van der Waals surface area contributed by atoms with Crippen LogP contribution in [-0.4, -0.2) is 66.3 Å². The van der Waals surface area contributed by atoms with Gasteiger partial charge < -0.3 is 14.7 Å². The van der Waals surface area contributed by atoms with Crippen LogP contribution in [0.25, 0.3) is 0 Å². The van der Waals surface area contributed by atoms with E-state index in [1.807, 2.05) is 35.2 Å². The van der Waals surface area contributed by atoms with E-state index in [1.54, 1.807) is 0 Å². The molecule has 2 aliphatic rings. The van der Waals surface area contributed by atoms with Gasteiger partial charge in [-0.1, -0.05) is 43.2 Å². The molecule has 2 fully saturated rings. The molecule has 24 heavy (non-hydrogen) atoms. The van der Waals surface area contributed by atoms with Crippen LogP contribution in [0, 0.1) is 0 Å². The number of carbonyl (C=O) groups excluding carboxylic acids is 1. The predicted molar refractivity (Wildman–Crippen MR) is 92.6 cm³/mol. The fraction of sp³-hybridized carbons (Fsp3) is 0.632. The molecule has 2 saturated heterocycles. The minimum absolute atomic E-state index is 0.0763. The number of ether oxygens (including phenoxy) is 1. The van der Waals surface area contributed by atoms with Gasteiger partial charge in [-0.25, -0.2) is 0 Å². The third kappa shape index (κ3) is 4.15. The van der Waals surface area contributed by atoms with Gasteiger partial charge in [0, 0.05) is 6.54 Å². The van der Waals surface area contributed by atoms with Crippen LogP contribution in [-0.2, 0) is 9.53 Å². The second-order valence-electron chi connectivity index (χ2n) is 6.72. The second-order valence-corrected chi connectivity index (χ2v) is 6.72. The first-order valence-corrected chi connectivity index (χ1v) is 9.09. The number of hydrogen-bond donors (Lipinski definition) is 1. The Labute approximate surface area is 144 Å². The number of rotatable bonds is 4. The Morgan fingerprint density at radius 1 is 1.08 bits per heavy atom. The fourth-order valence-corrected chi connectivity index (χ4v) is 3.79. The molecule has 5 nitrogen and oxygen atoms in total. The Hall–Kier alpha value is -1.43. The van der Waals surface area contributed by atoms with Crippen molar-refractivity contribution >= 4 is 5.91 Å². The summed E-state index contributed by atoms with van der Waals surface area (Å²) in [7, 11) is 0. The second kappa shape index (κ2) is 8.60. The van der Waals surface area contributed by atoms with Crippen LogP contribution in [0.4, 0.5) is 0 Å². The lowest BCUT2D eigenvalue weighted by atomic mass is 9.98. The minimum Gasteiger partial charge on any atom is -0.394 e. The first kappa shape index (κ1) is 17.4. The normalized spacial score (nSPS) is 26.1. The van der Waals surface area contributed by atoms with Crippen molar-refractivity contribution in [2.24, 2.45) is 0 Å². The number of aliphatic hydroxyl groups excluding tert-OH is 1. The SMILES string of the molecule is O=C(CN1CCCCCC1)N1CCOC(CO)C1c1ccccc1. The number of benzene rings is 1. The minimum atomic E-state index is -0.353. The average Bonchev–Trinajstić information content (AvgIpc) is 2.90. The molecule has 0 saturated carbocycles. The van der Waals surface area contributed by atoms with E-state index in [1.165, 1.54) is 25.7 Å². The molecule has 2 atom stereocenters. The van der Waals surface area contributed by atoms with Crippen LogP contribution in [0.3, 0.4) is 0 Å². The van der Waals surface area contributed by atoms with E-state index in [0.717, 1.165) is 18.7 Å². The van der Waals surface area contributed by atoms with Crippen molar-refractivity contribution < 1.29 is 14.6 Å². The highest BCUT2D eigenvalue weighted by molar-refractivity contribution is 5.79. The molecule has 2 unspecified atom stereocenters. The van der Waals surface area contributed by atoms with E-state index >= 15 is 0 Å². The number of aliphatic hydroxyl groups is 1. The summed E-state index contributed by atoms with van der Waals surface area (Å²) in [6, 6.07) is 9.71. The molecule has 1 amide bonds. The van der Waals surface area contributed by atoms with Crippen molar-refractivity contribution in [3.63, 3.8) is 0 Å². The van der Waals surface area contributed by atoms with Gasteiger partial charge in [-0.05, 0) is 31.5 Å². The smallest absolute Gasteiger partial charge is 0.237 e. The zero-order valence-corrected chi connectivity index (χ0v) is 14.3. The lowest BCUT2D eigenvalue weighted by Crippen LogP contribution is -2.52. The quantitative estimate of drug-likeness (QED) is 0.914.